The lowest BCUT2D eigenvalue weighted by Crippen LogP contribution is -2.16. The molecule has 144 valence electrons. The van der Waals surface area contributed by atoms with E-state index >= 15 is 0 Å². The van der Waals surface area contributed by atoms with Crippen LogP contribution < -0.4 is 10.6 Å². The first-order valence-electron chi connectivity index (χ1n) is 8.46. The molecule has 3 aromatic rings. The van der Waals surface area contributed by atoms with E-state index in [9.17, 15) is 18.4 Å². The molecule has 0 atom stereocenters. The Morgan fingerprint density at radius 2 is 1.50 bits per heavy atom. The molecule has 0 aliphatic rings. The minimum Gasteiger partial charge on any atom is -0.324 e. The smallest absolute Gasteiger partial charge is 0.255 e. The number of nitrogens with one attached hydrogen (secondary N) is 2. The van der Waals surface area contributed by atoms with Gasteiger partial charge in [0.1, 0.15) is 0 Å². The first kappa shape index (κ1) is 19.2. The van der Waals surface area contributed by atoms with Gasteiger partial charge in [-0.3, -0.25) is 9.59 Å². The average molecular weight is 384 g/mol. The zero-order valence-electron chi connectivity index (χ0n) is 15.5. The molecule has 3 rings (SSSR count). The van der Waals surface area contributed by atoms with Gasteiger partial charge in [0, 0.05) is 30.3 Å². The van der Waals surface area contributed by atoms with Crippen molar-refractivity contribution >= 4 is 23.2 Å². The van der Waals surface area contributed by atoms with E-state index in [1.165, 1.54) is 6.92 Å². The molecule has 0 fully saturated rings. The van der Waals surface area contributed by atoms with E-state index in [4.69, 9.17) is 0 Å². The Hall–Kier alpha value is -3.55. The van der Waals surface area contributed by atoms with Crippen molar-refractivity contribution in [1.29, 1.82) is 0 Å². The Kier molecular flexibility index (Phi) is 5.21. The van der Waals surface area contributed by atoms with Crippen LogP contribution in [0, 0.1) is 25.5 Å². The molecule has 0 saturated carbocycles. The number of hydrogen-bond acceptors (Lipinski definition) is 3. The number of nitrogens with zero attached hydrogens (tertiary/aromatic N) is 2. The van der Waals surface area contributed by atoms with Crippen LogP contribution in [0.4, 0.5) is 20.2 Å². The SMILES string of the molecule is CC(=O)Nc1cc(F)c(F)cc1NC(=O)c1ccc(-n2nc(C)cc2C)cc1. The third-order valence-electron chi connectivity index (χ3n) is 4.00. The number of halogens is 2. The van der Waals surface area contributed by atoms with Crippen molar-refractivity contribution in [3.8, 4) is 5.69 Å². The van der Waals surface area contributed by atoms with Gasteiger partial charge in [-0.25, -0.2) is 13.5 Å². The molecule has 0 bridgehead atoms. The number of carbonyl (C=O) groups is 2. The first-order valence-corrected chi connectivity index (χ1v) is 8.46. The minimum absolute atomic E-state index is 0.0287. The Morgan fingerprint density at radius 1 is 0.929 bits per heavy atom. The summed E-state index contributed by atoms with van der Waals surface area (Å²) < 4.78 is 28.8. The van der Waals surface area contributed by atoms with Crippen molar-refractivity contribution < 1.29 is 18.4 Å². The van der Waals surface area contributed by atoms with Crippen LogP contribution in [-0.2, 0) is 4.79 Å². The summed E-state index contributed by atoms with van der Waals surface area (Å²) in [6.45, 7) is 5.04. The number of amides is 2. The highest BCUT2D eigenvalue weighted by Gasteiger charge is 2.15. The van der Waals surface area contributed by atoms with E-state index in [1.54, 1.807) is 28.9 Å². The van der Waals surface area contributed by atoms with Gasteiger partial charge in [0.25, 0.3) is 5.91 Å². The lowest BCUT2D eigenvalue weighted by Gasteiger charge is -2.12. The third-order valence-corrected chi connectivity index (χ3v) is 4.00. The van der Waals surface area contributed by atoms with Crippen molar-refractivity contribution in [2.75, 3.05) is 10.6 Å². The zero-order valence-corrected chi connectivity index (χ0v) is 15.5. The number of benzene rings is 2. The Bertz CT molecular complexity index is 1060. The molecule has 0 aliphatic carbocycles. The Labute approximate surface area is 160 Å². The van der Waals surface area contributed by atoms with Crippen molar-refractivity contribution in [2.24, 2.45) is 0 Å². The highest BCUT2D eigenvalue weighted by molar-refractivity contribution is 6.07. The topological polar surface area (TPSA) is 76.0 Å². The van der Waals surface area contributed by atoms with Crippen molar-refractivity contribution in [3.63, 3.8) is 0 Å². The summed E-state index contributed by atoms with van der Waals surface area (Å²) in [4.78, 5) is 23.8. The maximum atomic E-state index is 13.6. The molecule has 0 unspecified atom stereocenters. The first-order chi connectivity index (χ1) is 13.2. The maximum Gasteiger partial charge on any atom is 0.255 e. The van der Waals surface area contributed by atoms with Gasteiger partial charge in [0.05, 0.1) is 22.8 Å². The van der Waals surface area contributed by atoms with Gasteiger partial charge in [-0.15, -0.1) is 0 Å². The van der Waals surface area contributed by atoms with Crippen LogP contribution in [0.15, 0.2) is 42.5 Å². The summed E-state index contributed by atoms with van der Waals surface area (Å²) in [6, 6.07) is 10.2. The number of aromatic nitrogens is 2. The Morgan fingerprint density at radius 3 is 2.00 bits per heavy atom. The minimum atomic E-state index is -1.13. The average Bonchev–Trinajstić information content (AvgIpc) is 2.97. The fourth-order valence-corrected chi connectivity index (χ4v) is 2.78. The molecule has 0 aliphatic heterocycles. The number of hydrogen-bond donors (Lipinski definition) is 2. The van der Waals surface area contributed by atoms with E-state index in [2.05, 4.69) is 15.7 Å². The summed E-state index contributed by atoms with van der Waals surface area (Å²) in [5.41, 5.74) is 2.86. The molecule has 0 spiro atoms. The highest BCUT2D eigenvalue weighted by atomic mass is 19.2. The second-order valence-electron chi connectivity index (χ2n) is 6.33. The molecule has 2 N–H and O–H groups in total. The summed E-state index contributed by atoms with van der Waals surface area (Å²) in [5, 5.41) is 9.24. The number of rotatable bonds is 4. The largest absolute Gasteiger partial charge is 0.324 e. The maximum absolute atomic E-state index is 13.6. The normalized spacial score (nSPS) is 10.6. The lowest BCUT2D eigenvalue weighted by molar-refractivity contribution is -0.114. The molecule has 2 aromatic carbocycles. The molecule has 1 heterocycles. The van der Waals surface area contributed by atoms with Crippen LogP contribution in [0.1, 0.15) is 28.7 Å². The summed E-state index contributed by atoms with van der Waals surface area (Å²) in [5.74, 6) is -3.27. The van der Waals surface area contributed by atoms with Gasteiger partial charge in [-0.2, -0.15) is 5.10 Å². The molecular formula is C20H18F2N4O2. The second kappa shape index (κ2) is 7.59. The molecular weight excluding hydrogens is 366 g/mol. The van der Waals surface area contributed by atoms with E-state index in [0.29, 0.717) is 5.56 Å². The van der Waals surface area contributed by atoms with E-state index in [0.717, 1.165) is 29.2 Å². The highest BCUT2D eigenvalue weighted by Crippen LogP contribution is 2.26. The number of aryl methyl sites for hydroxylation is 2. The predicted molar refractivity (Wildman–Crippen MR) is 102 cm³/mol. The van der Waals surface area contributed by atoms with Gasteiger partial charge >= 0.3 is 0 Å². The second-order valence-corrected chi connectivity index (χ2v) is 6.33. The summed E-state index contributed by atoms with van der Waals surface area (Å²) in [7, 11) is 0. The molecule has 1 aromatic heterocycles. The van der Waals surface area contributed by atoms with Gasteiger partial charge in [-0.1, -0.05) is 0 Å². The molecule has 2 amide bonds. The predicted octanol–water partition coefficient (Wildman–Crippen LogP) is 3.98. The van der Waals surface area contributed by atoms with Crippen LogP contribution in [0.2, 0.25) is 0 Å². The van der Waals surface area contributed by atoms with E-state index in [-0.39, 0.29) is 11.4 Å². The standard InChI is InChI=1S/C20H18F2N4O2/c1-11-8-12(2)26(25-11)15-6-4-14(5-7-15)20(28)24-19-10-17(22)16(21)9-18(19)23-13(3)27/h4-10H,1-3H3,(H,23,27)(H,24,28). The molecule has 28 heavy (non-hydrogen) atoms. The van der Waals surface area contributed by atoms with Crippen LogP contribution in [-0.4, -0.2) is 21.6 Å². The molecule has 0 saturated heterocycles. The molecule has 0 radical (unpaired) electrons. The van der Waals surface area contributed by atoms with Gasteiger partial charge in [0.2, 0.25) is 5.91 Å². The quantitative estimate of drug-likeness (QED) is 0.714. The van der Waals surface area contributed by atoms with Crippen LogP contribution in [0.3, 0.4) is 0 Å². The van der Waals surface area contributed by atoms with E-state index in [1.807, 2.05) is 19.9 Å². The van der Waals surface area contributed by atoms with Crippen LogP contribution in [0.25, 0.3) is 5.69 Å². The molecule has 6 nitrogen and oxygen atoms in total. The lowest BCUT2D eigenvalue weighted by atomic mass is 10.1. The fraction of sp³-hybridized carbons (Fsp3) is 0.150. The zero-order chi connectivity index (χ0) is 20.4. The van der Waals surface area contributed by atoms with Crippen molar-refractivity contribution in [1.82, 2.24) is 9.78 Å². The van der Waals surface area contributed by atoms with Crippen molar-refractivity contribution in [3.05, 3.63) is 71.1 Å². The van der Waals surface area contributed by atoms with Crippen LogP contribution in [0.5, 0.6) is 0 Å². The van der Waals surface area contributed by atoms with Crippen molar-refractivity contribution in [2.45, 2.75) is 20.8 Å². The fourth-order valence-electron chi connectivity index (χ4n) is 2.78. The van der Waals surface area contributed by atoms with Crippen LogP contribution >= 0.6 is 0 Å². The number of carbonyl (C=O) groups excluding carboxylic acids is 2. The summed E-state index contributed by atoms with van der Waals surface area (Å²) in [6.07, 6.45) is 0. The number of anilines is 2. The Balaban J connectivity index is 1.84. The monoisotopic (exact) mass is 384 g/mol. The summed E-state index contributed by atoms with van der Waals surface area (Å²) >= 11 is 0. The third kappa shape index (κ3) is 4.06. The van der Waals surface area contributed by atoms with Gasteiger partial charge in [-0.05, 0) is 44.2 Å². The van der Waals surface area contributed by atoms with Gasteiger partial charge < -0.3 is 10.6 Å². The van der Waals surface area contributed by atoms with E-state index < -0.39 is 23.4 Å². The molecule has 8 heteroatoms. The van der Waals surface area contributed by atoms with Gasteiger partial charge in [0.15, 0.2) is 11.6 Å².